The van der Waals surface area contributed by atoms with Gasteiger partial charge in [0.2, 0.25) is 5.91 Å². The SMILES string of the molecule is CNC1Cc2ccccc2[C@H]2CCCCN2C1=O. The standard InChI is InChI=1S/C15H20N2O/c1-16-13-10-11-6-2-3-7-12(11)14-8-4-5-9-17(14)15(13)18/h2-3,6-7,13-14,16H,4-5,8-10H2,1H3/t13?,14-/m1/s1. The monoisotopic (exact) mass is 244 g/mol. The van der Waals surface area contributed by atoms with E-state index in [1.807, 2.05) is 7.05 Å². The van der Waals surface area contributed by atoms with Crippen LogP contribution < -0.4 is 5.32 Å². The van der Waals surface area contributed by atoms with Crippen molar-refractivity contribution in [1.82, 2.24) is 10.2 Å². The third kappa shape index (κ3) is 1.83. The van der Waals surface area contributed by atoms with Crippen molar-refractivity contribution in [1.29, 1.82) is 0 Å². The highest BCUT2D eigenvalue weighted by Gasteiger charge is 2.36. The summed E-state index contributed by atoms with van der Waals surface area (Å²) in [6.45, 7) is 0.913. The van der Waals surface area contributed by atoms with Crippen molar-refractivity contribution >= 4 is 5.91 Å². The van der Waals surface area contributed by atoms with Crippen molar-refractivity contribution < 1.29 is 4.79 Å². The van der Waals surface area contributed by atoms with E-state index in [2.05, 4.69) is 34.5 Å². The van der Waals surface area contributed by atoms with Crippen molar-refractivity contribution in [3.8, 4) is 0 Å². The van der Waals surface area contributed by atoms with Crippen LogP contribution in [0.3, 0.4) is 0 Å². The van der Waals surface area contributed by atoms with Gasteiger partial charge in [-0.25, -0.2) is 0 Å². The van der Waals surface area contributed by atoms with Gasteiger partial charge >= 0.3 is 0 Å². The lowest BCUT2D eigenvalue weighted by Crippen LogP contribution is -2.47. The van der Waals surface area contributed by atoms with E-state index in [1.165, 1.54) is 17.5 Å². The molecule has 0 saturated carbocycles. The fraction of sp³-hybridized carbons (Fsp3) is 0.533. The molecule has 0 radical (unpaired) electrons. The van der Waals surface area contributed by atoms with E-state index >= 15 is 0 Å². The molecule has 1 aromatic rings. The molecule has 0 aliphatic carbocycles. The minimum atomic E-state index is -0.0609. The molecule has 1 unspecified atom stereocenters. The van der Waals surface area contributed by atoms with Crippen LogP contribution in [0.1, 0.15) is 36.4 Å². The van der Waals surface area contributed by atoms with Crippen molar-refractivity contribution in [2.45, 2.75) is 37.8 Å². The van der Waals surface area contributed by atoms with Gasteiger partial charge in [0.1, 0.15) is 0 Å². The first kappa shape index (κ1) is 11.7. The fourth-order valence-electron chi connectivity index (χ4n) is 3.30. The fourth-order valence-corrected chi connectivity index (χ4v) is 3.30. The summed E-state index contributed by atoms with van der Waals surface area (Å²) in [5.74, 6) is 0.276. The number of fused-ring (bicyclic) bond motifs is 3. The minimum Gasteiger partial charge on any atom is -0.334 e. The molecule has 3 nitrogen and oxygen atoms in total. The number of nitrogens with one attached hydrogen (secondary N) is 1. The van der Waals surface area contributed by atoms with Gasteiger partial charge in [0.05, 0.1) is 12.1 Å². The van der Waals surface area contributed by atoms with Crippen molar-refractivity contribution in [2.75, 3.05) is 13.6 Å². The highest BCUT2D eigenvalue weighted by atomic mass is 16.2. The van der Waals surface area contributed by atoms with Crippen LogP contribution in [0.4, 0.5) is 0 Å². The average molecular weight is 244 g/mol. The summed E-state index contributed by atoms with van der Waals surface area (Å²) in [5, 5.41) is 3.18. The van der Waals surface area contributed by atoms with Gasteiger partial charge in [0.15, 0.2) is 0 Å². The van der Waals surface area contributed by atoms with Crippen molar-refractivity contribution in [3.63, 3.8) is 0 Å². The number of likely N-dealkylation sites (N-methyl/N-ethyl adjacent to an activating group) is 1. The lowest BCUT2D eigenvalue weighted by atomic mass is 9.92. The van der Waals surface area contributed by atoms with Crippen LogP contribution in [0.25, 0.3) is 0 Å². The predicted octanol–water partition coefficient (Wildman–Crippen LogP) is 1.88. The molecular formula is C15H20N2O. The number of benzene rings is 1. The normalized spacial score (nSPS) is 27.4. The minimum absolute atomic E-state index is 0.0609. The maximum absolute atomic E-state index is 12.5. The first-order valence-electron chi connectivity index (χ1n) is 6.87. The number of carbonyl (C=O) groups excluding carboxylic acids is 1. The number of hydrogen-bond acceptors (Lipinski definition) is 2. The highest BCUT2D eigenvalue weighted by molar-refractivity contribution is 5.83. The molecule has 1 saturated heterocycles. The molecule has 3 rings (SSSR count). The average Bonchev–Trinajstić information content (AvgIpc) is 2.55. The Morgan fingerprint density at radius 2 is 2.11 bits per heavy atom. The summed E-state index contributed by atoms with van der Waals surface area (Å²) in [6.07, 6.45) is 4.30. The smallest absolute Gasteiger partial charge is 0.240 e. The van der Waals surface area contributed by atoms with Crippen LogP contribution in [-0.4, -0.2) is 30.4 Å². The van der Waals surface area contributed by atoms with Crippen LogP contribution in [0.15, 0.2) is 24.3 Å². The Bertz CT molecular complexity index is 458. The summed E-state index contributed by atoms with van der Waals surface area (Å²) in [6, 6.07) is 8.79. The molecule has 1 N–H and O–H groups in total. The van der Waals surface area contributed by atoms with Crippen LogP contribution in [0, 0.1) is 0 Å². The van der Waals surface area contributed by atoms with Gasteiger partial charge in [-0.3, -0.25) is 4.79 Å². The number of rotatable bonds is 1. The van der Waals surface area contributed by atoms with E-state index in [9.17, 15) is 4.79 Å². The van der Waals surface area contributed by atoms with Gasteiger partial charge in [-0.2, -0.15) is 0 Å². The molecular weight excluding hydrogens is 224 g/mol. The molecule has 0 bridgehead atoms. The van der Waals surface area contributed by atoms with E-state index in [1.54, 1.807) is 0 Å². The van der Waals surface area contributed by atoms with Gasteiger partial charge in [-0.15, -0.1) is 0 Å². The maximum atomic E-state index is 12.5. The van der Waals surface area contributed by atoms with Crippen LogP contribution in [0.5, 0.6) is 0 Å². The first-order valence-corrected chi connectivity index (χ1v) is 6.87. The Labute approximate surface area is 108 Å². The Kier molecular flexibility index (Phi) is 3.08. The van der Waals surface area contributed by atoms with Crippen LogP contribution in [-0.2, 0) is 11.2 Å². The van der Waals surface area contributed by atoms with Gasteiger partial charge in [-0.05, 0) is 43.9 Å². The molecule has 2 heterocycles. The molecule has 96 valence electrons. The van der Waals surface area contributed by atoms with E-state index in [0.717, 1.165) is 25.8 Å². The van der Waals surface area contributed by atoms with E-state index in [0.29, 0.717) is 6.04 Å². The third-order valence-corrected chi connectivity index (χ3v) is 4.27. The Morgan fingerprint density at radius 3 is 2.94 bits per heavy atom. The predicted molar refractivity (Wildman–Crippen MR) is 71.3 cm³/mol. The zero-order valence-electron chi connectivity index (χ0n) is 10.9. The molecule has 0 aromatic heterocycles. The second-order valence-electron chi connectivity index (χ2n) is 5.29. The first-order chi connectivity index (χ1) is 8.81. The molecule has 1 aromatic carbocycles. The number of carbonyl (C=O) groups is 1. The number of hydrogen-bond donors (Lipinski definition) is 1. The van der Waals surface area contributed by atoms with Gasteiger partial charge in [-0.1, -0.05) is 24.3 Å². The lowest BCUT2D eigenvalue weighted by Gasteiger charge is -2.36. The summed E-state index contributed by atoms with van der Waals surface area (Å²) in [4.78, 5) is 14.6. The summed E-state index contributed by atoms with van der Waals surface area (Å²) >= 11 is 0. The second-order valence-corrected chi connectivity index (χ2v) is 5.29. The highest BCUT2D eigenvalue weighted by Crippen LogP contribution is 2.36. The Balaban J connectivity index is 2.06. The number of nitrogens with zero attached hydrogens (tertiary/aromatic N) is 1. The summed E-state index contributed by atoms with van der Waals surface area (Å²) < 4.78 is 0. The van der Waals surface area contributed by atoms with Gasteiger partial charge in [0, 0.05) is 6.54 Å². The third-order valence-electron chi connectivity index (χ3n) is 4.27. The van der Waals surface area contributed by atoms with Crippen molar-refractivity contribution in [3.05, 3.63) is 35.4 Å². The van der Waals surface area contributed by atoms with Gasteiger partial charge in [0.25, 0.3) is 0 Å². The summed E-state index contributed by atoms with van der Waals surface area (Å²) in [5.41, 5.74) is 2.70. The van der Waals surface area contributed by atoms with Crippen molar-refractivity contribution in [2.24, 2.45) is 0 Å². The lowest BCUT2D eigenvalue weighted by molar-refractivity contribution is -0.136. The number of amides is 1. The topological polar surface area (TPSA) is 32.3 Å². The van der Waals surface area contributed by atoms with E-state index in [4.69, 9.17) is 0 Å². The molecule has 1 fully saturated rings. The molecule has 2 aliphatic heterocycles. The van der Waals surface area contributed by atoms with Crippen LogP contribution in [0.2, 0.25) is 0 Å². The largest absolute Gasteiger partial charge is 0.334 e. The van der Waals surface area contributed by atoms with Crippen LogP contribution >= 0.6 is 0 Å². The zero-order valence-corrected chi connectivity index (χ0v) is 10.9. The Hall–Kier alpha value is -1.35. The quantitative estimate of drug-likeness (QED) is 0.818. The zero-order chi connectivity index (χ0) is 12.5. The number of piperidine rings is 1. The second kappa shape index (κ2) is 4.73. The summed E-state index contributed by atoms with van der Waals surface area (Å²) in [7, 11) is 1.88. The maximum Gasteiger partial charge on any atom is 0.240 e. The molecule has 3 heteroatoms. The molecule has 1 amide bonds. The molecule has 2 atom stereocenters. The molecule has 2 aliphatic rings. The van der Waals surface area contributed by atoms with E-state index < -0.39 is 0 Å². The molecule has 0 spiro atoms. The Morgan fingerprint density at radius 1 is 1.28 bits per heavy atom. The van der Waals surface area contributed by atoms with Gasteiger partial charge < -0.3 is 10.2 Å². The molecule has 18 heavy (non-hydrogen) atoms. The van der Waals surface area contributed by atoms with E-state index in [-0.39, 0.29) is 11.9 Å².